The summed E-state index contributed by atoms with van der Waals surface area (Å²) in [5, 5.41) is 3.31. The van der Waals surface area contributed by atoms with Gasteiger partial charge in [-0.1, -0.05) is 24.3 Å². The number of hydrogen-bond acceptors (Lipinski definition) is 4. The van der Waals surface area contributed by atoms with Gasteiger partial charge < -0.3 is 10.2 Å². The second kappa shape index (κ2) is 6.22. The van der Waals surface area contributed by atoms with Crippen molar-refractivity contribution in [3.05, 3.63) is 41.5 Å². The zero-order chi connectivity index (χ0) is 14.7. The van der Waals surface area contributed by atoms with Gasteiger partial charge in [0.1, 0.15) is 0 Å². The Balaban J connectivity index is 1.60. The molecule has 1 aromatic carbocycles. The van der Waals surface area contributed by atoms with Crippen molar-refractivity contribution in [3.63, 3.8) is 0 Å². The highest BCUT2D eigenvalue weighted by atomic mass is 16.2. The number of hydrogen-bond donors (Lipinski definition) is 1. The number of ketones is 2. The van der Waals surface area contributed by atoms with Gasteiger partial charge in [0.05, 0.1) is 0 Å². The molecule has 0 atom stereocenters. The number of benzene rings is 1. The minimum absolute atomic E-state index is 0.409. The number of nitrogens with one attached hydrogen (secondary N) is 1. The Morgan fingerprint density at radius 2 is 1.76 bits per heavy atom. The zero-order valence-electron chi connectivity index (χ0n) is 12.1. The van der Waals surface area contributed by atoms with E-state index in [1.807, 2.05) is 12.1 Å². The highest BCUT2D eigenvalue weighted by molar-refractivity contribution is 6.50. The first kappa shape index (κ1) is 14.0. The summed E-state index contributed by atoms with van der Waals surface area (Å²) >= 11 is 0. The van der Waals surface area contributed by atoms with E-state index in [-0.39, 0.29) is 0 Å². The van der Waals surface area contributed by atoms with Crippen LogP contribution in [0.3, 0.4) is 0 Å². The minimum atomic E-state index is -0.434. The standard InChI is InChI=1S/C17H20N2O2/c20-16-12-15(13-6-1-2-7-14(13)17(16)21)18-8-5-11-19-9-3-4-10-19/h1-2,6-7,12,18H,3-5,8-11H2. The third kappa shape index (κ3) is 3.05. The lowest BCUT2D eigenvalue weighted by molar-refractivity contribution is -0.111. The maximum absolute atomic E-state index is 11.8. The van der Waals surface area contributed by atoms with E-state index in [1.165, 1.54) is 32.0 Å². The van der Waals surface area contributed by atoms with Crippen LogP contribution in [0.4, 0.5) is 0 Å². The smallest absolute Gasteiger partial charge is 0.233 e. The summed E-state index contributed by atoms with van der Waals surface area (Å²) in [4.78, 5) is 26.0. The summed E-state index contributed by atoms with van der Waals surface area (Å²) in [7, 11) is 0. The Morgan fingerprint density at radius 3 is 2.52 bits per heavy atom. The normalized spacial score (nSPS) is 18.6. The van der Waals surface area contributed by atoms with Crippen LogP contribution in [0, 0.1) is 0 Å². The quantitative estimate of drug-likeness (QED) is 0.662. The predicted molar refractivity (Wildman–Crippen MR) is 82.1 cm³/mol. The molecular formula is C17H20N2O2. The molecule has 0 radical (unpaired) electrons. The zero-order valence-corrected chi connectivity index (χ0v) is 12.1. The Hall–Kier alpha value is -1.94. The number of rotatable bonds is 5. The van der Waals surface area contributed by atoms with Crippen LogP contribution in [0.1, 0.15) is 35.2 Å². The molecule has 1 N–H and O–H groups in total. The third-order valence-corrected chi connectivity index (χ3v) is 4.13. The van der Waals surface area contributed by atoms with Crippen molar-refractivity contribution in [2.45, 2.75) is 19.3 Å². The Bertz CT molecular complexity index is 586. The maximum atomic E-state index is 11.8. The Kier molecular flexibility index (Phi) is 4.15. The molecule has 1 aliphatic heterocycles. The van der Waals surface area contributed by atoms with Crippen molar-refractivity contribution in [2.75, 3.05) is 26.2 Å². The molecule has 1 heterocycles. The molecule has 4 nitrogen and oxygen atoms in total. The summed E-state index contributed by atoms with van der Waals surface area (Å²) in [6, 6.07) is 7.29. The largest absolute Gasteiger partial charge is 0.384 e. The molecule has 0 saturated carbocycles. The summed E-state index contributed by atoms with van der Waals surface area (Å²) in [6.07, 6.45) is 5.09. The number of fused-ring (bicyclic) bond motifs is 1. The second-order valence-electron chi connectivity index (χ2n) is 5.63. The van der Waals surface area contributed by atoms with Crippen LogP contribution in [-0.2, 0) is 4.79 Å². The van der Waals surface area contributed by atoms with Crippen LogP contribution < -0.4 is 5.32 Å². The second-order valence-corrected chi connectivity index (χ2v) is 5.63. The van der Waals surface area contributed by atoms with Crippen LogP contribution in [0.2, 0.25) is 0 Å². The molecule has 3 rings (SSSR count). The van der Waals surface area contributed by atoms with Gasteiger partial charge in [0.2, 0.25) is 11.6 Å². The molecule has 0 amide bonds. The fourth-order valence-electron chi connectivity index (χ4n) is 3.00. The van der Waals surface area contributed by atoms with Crippen molar-refractivity contribution >= 4 is 17.3 Å². The van der Waals surface area contributed by atoms with Gasteiger partial charge in [-0.2, -0.15) is 0 Å². The number of carbonyl (C=O) groups is 2. The highest BCUT2D eigenvalue weighted by Crippen LogP contribution is 2.22. The molecular weight excluding hydrogens is 264 g/mol. The van der Waals surface area contributed by atoms with Gasteiger partial charge in [-0.05, 0) is 38.9 Å². The fraction of sp³-hybridized carbons (Fsp3) is 0.412. The minimum Gasteiger partial charge on any atom is -0.384 e. The number of nitrogens with zero attached hydrogens (tertiary/aromatic N) is 1. The van der Waals surface area contributed by atoms with Gasteiger partial charge in [-0.15, -0.1) is 0 Å². The molecule has 110 valence electrons. The number of Topliss-reactive ketones (excluding diaryl/α,β-unsaturated/α-hetero) is 1. The molecule has 21 heavy (non-hydrogen) atoms. The first-order valence-electron chi connectivity index (χ1n) is 7.62. The van der Waals surface area contributed by atoms with Gasteiger partial charge in [-0.25, -0.2) is 0 Å². The third-order valence-electron chi connectivity index (χ3n) is 4.13. The number of allylic oxidation sites excluding steroid dienone is 1. The SMILES string of the molecule is O=C1C=C(NCCCN2CCCC2)c2ccccc2C1=O. The van der Waals surface area contributed by atoms with E-state index in [2.05, 4.69) is 10.2 Å². The van der Waals surface area contributed by atoms with Gasteiger partial charge in [0.25, 0.3) is 0 Å². The van der Waals surface area contributed by atoms with E-state index in [9.17, 15) is 9.59 Å². The van der Waals surface area contributed by atoms with Crippen molar-refractivity contribution in [2.24, 2.45) is 0 Å². The van der Waals surface area contributed by atoms with E-state index in [1.54, 1.807) is 12.1 Å². The number of likely N-dealkylation sites (tertiary alicyclic amines) is 1. The van der Waals surface area contributed by atoms with Crippen molar-refractivity contribution in [3.8, 4) is 0 Å². The molecule has 1 aromatic rings. The Morgan fingerprint density at radius 1 is 1.05 bits per heavy atom. The lowest BCUT2D eigenvalue weighted by Crippen LogP contribution is -2.27. The molecule has 0 spiro atoms. The van der Waals surface area contributed by atoms with Crippen molar-refractivity contribution < 1.29 is 9.59 Å². The molecule has 2 aliphatic rings. The molecule has 0 aromatic heterocycles. The summed E-state index contributed by atoms with van der Waals surface area (Å²) in [6.45, 7) is 4.32. The maximum Gasteiger partial charge on any atom is 0.233 e. The van der Waals surface area contributed by atoms with Gasteiger partial charge in [0.15, 0.2) is 0 Å². The van der Waals surface area contributed by atoms with Crippen LogP contribution in [0.5, 0.6) is 0 Å². The molecule has 1 fully saturated rings. The monoisotopic (exact) mass is 284 g/mol. The first-order chi connectivity index (χ1) is 10.3. The van der Waals surface area contributed by atoms with E-state index in [4.69, 9.17) is 0 Å². The first-order valence-corrected chi connectivity index (χ1v) is 7.62. The Labute approximate surface area is 124 Å². The van der Waals surface area contributed by atoms with Gasteiger partial charge >= 0.3 is 0 Å². The summed E-state index contributed by atoms with van der Waals surface area (Å²) in [5.41, 5.74) is 2.12. The molecule has 0 unspecified atom stereocenters. The van der Waals surface area contributed by atoms with Crippen molar-refractivity contribution in [1.29, 1.82) is 0 Å². The van der Waals surface area contributed by atoms with Crippen LogP contribution >= 0.6 is 0 Å². The summed E-state index contributed by atoms with van der Waals surface area (Å²) in [5.74, 6) is -0.844. The lowest BCUT2D eigenvalue weighted by Gasteiger charge is -2.19. The van der Waals surface area contributed by atoms with E-state index in [0.717, 1.165) is 30.8 Å². The fourth-order valence-corrected chi connectivity index (χ4v) is 3.00. The van der Waals surface area contributed by atoms with E-state index >= 15 is 0 Å². The lowest BCUT2D eigenvalue weighted by atomic mass is 9.93. The van der Waals surface area contributed by atoms with E-state index < -0.39 is 11.6 Å². The predicted octanol–water partition coefficient (Wildman–Crippen LogP) is 1.87. The van der Waals surface area contributed by atoms with E-state index in [0.29, 0.717) is 5.56 Å². The highest BCUT2D eigenvalue weighted by Gasteiger charge is 2.24. The van der Waals surface area contributed by atoms with Crippen LogP contribution in [0.25, 0.3) is 5.70 Å². The molecule has 4 heteroatoms. The van der Waals surface area contributed by atoms with Crippen LogP contribution in [0.15, 0.2) is 30.3 Å². The molecule has 1 saturated heterocycles. The van der Waals surface area contributed by atoms with Gasteiger partial charge in [-0.3, -0.25) is 9.59 Å². The average Bonchev–Trinajstić information content (AvgIpc) is 3.02. The molecule has 0 bridgehead atoms. The molecule has 1 aliphatic carbocycles. The van der Waals surface area contributed by atoms with Crippen molar-refractivity contribution in [1.82, 2.24) is 10.2 Å². The topological polar surface area (TPSA) is 49.4 Å². The van der Waals surface area contributed by atoms with Gasteiger partial charge in [0, 0.05) is 29.4 Å². The number of carbonyl (C=O) groups excluding carboxylic acids is 2. The summed E-state index contributed by atoms with van der Waals surface area (Å²) < 4.78 is 0. The van der Waals surface area contributed by atoms with Crippen LogP contribution in [-0.4, -0.2) is 42.6 Å². The average molecular weight is 284 g/mol.